The largest absolute Gasteiger partial charge is 0.481 e. The number of aryl methyl sites for hydroxylation is 1. The molecule has 0 saturated heterocycles. The molecule has 0 amide bonds. The lowest BCUT2D eigenvalue weighted by Crippen LogP contribution is -2.28. The molecule has 0 radical (unpaired) electrons. The number of nitrogens with zero attached hydrogens (tertiary/aromatic N) is 2. The average molecular weight is 628 g/mol. The van der Waals surface area contributed by atoms with Crippen molar-refractivity contribution >= 4 is 45.9 Å². The van der Waals surface area contributed by atoms with Crippen molar-refractivity contribution in [1.82, 2.24) is 0 Å². The molecule has 2 heterocycles. The highest BCUT2D eigenvalue weighted by Crippen LogP contribution is 2.51. The normalized spacial score (nSPS) is 18.6. The minimum absolute atomic E-state index is 0.0513. The van der Waals surface area contributed by atoms with Crippen LogP contribution in [0.5, 0.6) is 0 Å². The number of carboxylic acids is 2. The summed E-state index contributed by atoms with van der Waals surface area (Å²) in [6.07, 6.45) is 20.9. The number of allylic oxidation sites excluding steroid dienone is 9. The molecule has 47 heavy (non-hydrogen) atoms. The van der Waals surface area contributed by atoms with E-state index >= 15 is 0 Å². The highest BCUT2D eigenvalue weighted by molar-refractivity contribution is 6.07. The van der Waals surface area contributed by atoms with E-state index in [0.29, 0.717) is 13.1 Å². The molecule has 0 aromatic heterocycles. The maximum atomic E-state index is 11.6. The van der Waals surface area contributed by atoms with Gasteiger partial charge in [-0.25, -0.2) is 0 Å². The van der Waals surface area contributed by atoms with E-state index in [9.17, 15) is 19.8 Å². The highest BCUT2D eigenvalue weighted by Gasteiger charge is 2.45. The first-order chi connectivity index (χ1) is 22.5. The summed E-state index contributed by atoms with van der Waals surface area (Å²) in [5.41, 5.74) is 8.84. The summed E-state index contributed by atoms with van der Waals surface area (Å²) in [6.45, 7) is 9.68. The first-order valence-electron chi connectivity index (χ1n) is 16.4. The minimum atomic E-state index is -0.814. The van der Waals surface area contributed by atoms with Gasteiger partial charge in [-0.1, -0.05) is 86.7 Å². The van der Waals surface area contributed by atoms with Crippen LogP contribution in [0.15, 0.2) is 103 Å². The molecule has 2 N–H and O–H groups in total. The first-order valence-corrected chi connectivity index (χ1v) is 16.4. The Kier molecular flexibility index (Phi) is 8.63. The van der Waals surface area contributed by atoms with Gasteiger partial charge in [0.05, 0.1) is 11.8 Å². The fraction of sp³-hybridized carbons (Fsp3) is 0.293. The third kappa shape index (κ3) is 5.89. The van der Waals surface area contributed by atoms with E-state index in [1.54, 1.807) is 0 Å². The number of carbonyl (C=O) groups is 2. The Hall–Kier alpha value is -4.97. The maximum Gasteiger partial charge on any atom is 0.309 e. The molecule has 3 aliphatic rings. The van der Waals surface area contributed by atoms with Crippen LogP contribution >= 0.6 is 0 Å². The Morgan fingerprint density at radius 1 is 0.851 bits per heavy atom. The molecule has 6 heteroatoms. The Bertz CT molecular complexity index is 1950. The smallest absolute Gasteiger partial charge is 0.309 e. The van der Waals surface area contributed by atoms with Gasteiger partial charge >= 0.3 is 11.9 Å². The van der Waals surface area contributed by atoms with Crippen molar-refractivity contribution in [2.45, 2.75) is 64.2 Å². The number of aliphatic carboxylic acids is 2. The summed E-state index contributed by atoms with van der Waals surface area (Å²) in [5.74, 6) is -1.62. The van der Waals surface area contributed by atoms with Gasteiger partial charge in [0.2, 0.25) is 5.69 Å². The van der Waals surface area contributed by atoms with Crippen LogP contribution in [0, 0.1) is 0 Å². The van der Waals surface area contributed by atoms with E-state index in [4.69, 9.17) is 0 Å². The third-order valence-corrected chi connectivity index (χ3v) is 9.83. The van der Waals surface area contributed by atoms with Gasteiger partial charge in [0, 0.05) is 41.1 Å². The van der Waals surface area contributed by atoms with Gasteiger partial charge in [0.15, 0.2) is 12.3 Å². The zero-order valence-electron chi connectivity index (χ0n) is 27.7. The summed E-state index contributed by atoms with van der Waals surface area (Å²) in [7, 11) is 0. The molecule has 6 nitrogen and oxygen atoms in total. The zero-order chi connectivity index (χ0) is 33.3. The van der Waals surface area contributed by atoms with Gasteiger partial charge < -0.3 is 15.1 Å². The van der Waals surface area contributed by atoms with Crippen LogP contribution < -0.4 is 4.90 Å². The van der Waals surface area contributed by atoms with Gasteiger partial charge in [0.25, 0.3) is 0 Å². The van der Waals surface area contributed by atoms with E-state index in [-0.39, 0.29) is 23.7 Å². The first kappa shape index (κ1) is 32.0. The molecule has 0 unspecified atom stereocenters. The standard InChI is InChI=1S/C41H42N2O4/c1-40(2)34(42(26-24-36(44)45)32-22-20-28-14-10-12-16-30(28)38(32)40)18-8-6-5-7-9-19-35-41(3,4)39-31-17-13-11-15-29(31)21-23-33(39)43(35)27-25-37(46)47/h5-10,12-14,16-23H,11,15,24-27H2,1-4H3,(H-,44,45,46,47)/p+1. The van der Waals surface area contributed by atoms with E-state index in [2.05, 4.69) is 104 Å². The highest BCUT2D eigenvalue weighted by atomic mass is 16.4. The molecule has 0 bridgehead atoms. The summed E-state index contributed by atoms with van der Waals surface area (Å²) in [6, 6.07) is 17.0. The molecule has 2 aliphatic heterocycles. The third-order valence-electron chi connectivity index (χ3n) is 9.83. The van der Waals surface area contributed by atoms with Crippen molar-refractivity contribution in [3.05, 3.63) is 125 Å². The molecule has 0 atom stereocenters. The molecule has 0 saturated carbocycles. The van der Waals surface area contributed by atoms with E-state index in [1.165, 1.54) is 33.0 Å². The molecule has 3 aromatic rings. The van der Waals surface area contributed by atoms with Crippen LogP contribution in [-0.2, 0) is 26.8 Å². The van der Waals surface area contributed by atoms with Crippen LogP contribution in [-0.4, -0.2) is 45.5 Å². The van der Waals surface area contributed by atoms with Gasteiger partial charge in [-0.2, -0.15) is 4.58 Å². The minimum Gasteiger partial charge on any atom is -0.481 e. The Balaban J connectivity index is 1.27. The number of benzene rings is 3. The van der Waals surface area contributed by atoms with Crippen LogP contribution in [0.3, 0.4) is 0 Å². The zero-order valence-corrected chi connectivity index (χ0v) is 27.7. The molecule has 240 valence electrons. The molecular formula is C41H43N2O4+. The van der Waals surface area contributed by atoms with E-state index in [0.717, 1.165) is 35.6 Å². The van der Waals surface area contributed by atoms with Gasteiger partial charge in [0.1, 0.15) is 6.42 Å². The summed E-state index contributed by atoms with van der Waals surface area (Å²) >= 11 is 0. The summed E-state index contributed by atoms with van der Waals surface area (Å²) < 4.78 is 2.15. The van der Waals surface area contributed by atoms with Crippen molar-refractivity contribution in [2.75, 3.05) is 18.0 Å². The maximum absolute atomic E-state index is 11.6. The molecule has 0 fully saturated rings. The number of carboxylic acid groups (broad SMARTS) is 2. The topological polar surface area (TPSA) is 80.9 Å². The molecular weight excluding hydrogens is 584 g/mol. The van der Waals surface area contributed by atoms with Crippen LogP contribution in [0.2, 0.25) is 0 Å². The van der Waals surface area contributed by atoms with Gasteiger partial charge in [-0.05, 0) is 72.4 Å². The van der Waals surface area contributed by atoms with Crippen LogP contribution in [0.25, 0.3) is 16.8 Å². The number of anilines is 1. The Morgan fingerprint density at radius 3 is 2.38 bits per heavy atom. The van der Waals surface area contributed by atoms with Crippen molar-refractivity contribution in [3.63, 3.8) is 0 Å². The monoisotopic (exact) mass is 627 g/mol. The van der Waals surface area contributed by atoms with E-state index in [1.807, 2.05) is 36.4 Å². The lowest BCUT2D eigenvalue weighted by atomic mass is 9.78. The van der Waals surface area contributed by atoms with Crippen LogP contribution in [0.4, 0.5) is 11.4 Å². The lowest BCUT2D eigenvalue weighted by molar-refractivity contribution is -0.436. The predicted molar refractivity (Wildman–Crippen MR) is 191 cm³/mol. The SMILES string of the molecule is CC1(C)C(/C=C/C=C/C=C/C=C2/N(CCC(=O)O)c3ccc4c(c3C2(C)C)C=CCC4)=[N+](CCC(=O)O)c2ccc3ccccc3c21. The Labute approximate surface area is 277 Å². The molecule has 0 spiro atoms. The molecule has 6 rings (SSSR count). The van der Waals surface area contributed by atoms with Gasteiger partial charge in [-0.3, -0.25) is 9.59 Å². The number of rotatable bonds is 10. The number of hydrogen-bond donors (Lipinski definition) is 2. The summed E-state index contributed by atoms with van der Waals surface area (Å²) in [4.78, 5) is 25.3. The second-order valence-corrected chi connectivity index (χ2v) is 13.6. The second kappa shape index (κ2) is 12.7. The average Bonchev–Trinajstić information content (AvgIpc) is 3.40. The van der Waals surface area contributed by atoms with Crippen molar-refractivity contribution in [3.8, 4) is 0 Å². The molecule has 1 aliphatic carbocycles. The quantitative estimate of drug-likeness (QED) is 0.174. The fourth-order valence-corrected chi connectivity index (χ4v) is 7.69. The predicted octanol–water partition coefficient (Wildman–Crippen LogP) is 8.48. The lowest BCUT2D eigenvalue weighted by Gasteiger charge is -2.27. The van der Waals surface area contributed by atoms with Gasteiger partial charge in [-0.15, -0.1) is 0 Å². The fourth-order valence-electron chi connectivity index (χ4n) is 7.69. The van der Waals surface area contributed by atoms with Crippen molar-refractivity contribution in [2.24, 2.45) is 0 Å². The van der Waals surface area contributed by atoms with Crippen molar-refractivity contribution in [1.29, 1.82) is 0 Å². The van der Waals surface area contributed by atoms with E-state index < -0.39 is 11.9 Å². The Morgan fingerprint density at radius 2 is 1.60 bits per heavy atom. The van der Waals surface area contributed by atoms with Crippen LogP contribution in [0.1, 0.15) is 69.2 Å². The molecule has 3 aromatic carbocycles. The second-order valence-electron chi connectivity index (χ2n) is 13.6. The number of fused-ring (bicyclic) bond motifs is 6. The summed E-state index contributed by atoms with van der Waals surface area (Å²) in [5, 5.41) is 21.3. The van der Waals surface area contributed by atoms with Crippen molar-refractivity contribution < 1.29 is 24.4 Å². The number of hydrogen-bond acceptors (Lipinski definition) is 3.